The molecule has 0 fully saturated rings. The van der Waals surface area contributed by atoms with Crippen LogP contribution in [0.15, 0.2) is 18.2 Å². The van der Waals surface area contributed by atoms with Gasteiger partial charge in [-0.15, -0.1) is 0 Å². The Morgan fingerprint density at radius 1 is 1.44 bits per heavy atom. The van der Waals surface area contributed by atoms with E-state index in [9.17, 15) is 14.9 Å². The number of hydrazine groups is 1. The number of amides is 1. The lowest BCUT2D eigenvalue weighted by atomic mass is 10.1. The van der Waals surface area contributed by atoms with Gasteiger partial charge in [-0.3, -0.25) is 14.9 Å². The fraction of sp³-hybridized carbons (Fsp3) is 0.364. The van der Waals surface area contributed by atoms with Gasteiger partial charge < -0.3 is 10.7 Å². The second kappa shape index (κ2) is 5.97. The number of anilines is 1. The van der Waals surface area contributed by atoms with Crippen LogP contribution in [0.3, 0.4) is 0 Å². The maximum atomic E-state index is 11.6. The van der Waals surface area contributed by atoms with Gasteiger partial charge in [0.25, 0.3) is 11.6 Å². The number of nitro benzene ring substituents is 1. The molecule has 7 nitrogen and oxygen atoms in total. The summed E-state index contributed by atoms with van der Waals surface area (Å²) in [5.41, 5.74) is 3.40. The summed E-state index contributed by atoms with van der Waals surface area (Å²) in [4.78, 5) is 22.0. The number of carbonyl (C=O) groups excluding carboxylic acids is 1. The molecular weight excluding hydrogens is 236 g/mol. The molecule has 0 bridgehead atoms. The Morgan fingerprint density at radius 2 is 2.11 bits per heavy atom. The van der Waals surface area contributed by atoms with E-state index in [0.717, 1.165) is 0 Å². The fourth-order valence-corrected chi connectivity index (χ4v) is 1.43. The second-order valence-electron chi connectivity index (χ2n) is 3.85. The van der Waals surface area contributed by atoms with E-state index in [1.165, 1.54) is 18.2 Å². The molecule has 0 aliphatic heterocycles. The molecule has 1 amide bonds. The minimum atomic E-state index is -0.493. The summed E-state index contributed by atoms with van der Waals surface area (Å²) < 4.78 is 0. The zero-order valence-corrected chi connectivity index (χ0v) is 10.6. The molecule has 1 aromatic rings. The highest BCUT2D eigenvalue weighted by Crippen LogP contribution is 2.25. The monoisotopic (exact) mass is 252 g/mol. The number of nitro groups is 1. The van der Waals surface area contributed by atoms with Crippen molar-refractivity contribution in [2.75, 3.05) is 26.1 Å². The van der Waals surface area contributed by atoms with Crippen LogP contribution in [-0.4, -0.2) is 36.5 Å². The third-order valence-corrected chi connectivity index (χ3v) is 2.14. The van der Waals surface area contributed by atoms with Gasteiger partial charge in [-0.2, -0.15) is 0 Å². The summed E-state index contributed by atoms with van der Waals surface area (Å²) >= 11 is 0. The topological polar surface area (TPSA) is 87.5 Å². The number of hydrogen-bond acceptors (Lipinski definition) is 5. The number of carbonyl (C=O) groups is 1. The first-order chi connectivity index (χ1) is 8.45. The van der Waals surface area contributed by atoms with Gasteiger partial charge in [0.2, 0.25) is 0 Å². The first-order valence-corrected chi connectivity index (χ1v) is 5.46. The molecule has 1 aromatic carbocycles. The maximum absolute atomic E-state index is 11.6. The van der Waals surface area contributed by atoms with E-state index in [2.05, 4.69) is 10.7 Å². The van der Waals surface area contributed by atoms with Gasteiger partial charge in [-0.1, -0.05) is 0 Å². The van der Waals surface area contributed by atoms with Crippen molar-refractivity contribution in [1.29, 1.82) is 0 Å². The summed E-state index contributed by atoms with van der Waals surface area (Å²) in [5.74, 6) is -0.255. The van der Waals surface area contributed by atoms with Crippen LogP contribution in [0, 0.1) is 10.1 Å². The molecule has 0 unspecified atom stereocenters. The number of rotatable bonds is 5. The van der Waals surface area contributed by atoms with Gasteiger partial charge >= 0.3 is 0 Å². The largest absolute Gasteiger partial charge is 0.352 e. The minimum Gasteiger partial charge on any atom is -0.352 e. The lowest BCUT2D eigenvalue weighted by Gasteiger charge is -2.14. The number of benzene rings is 1. The quantitative estimate of drug-likeness (QED) is 0.608. The van der Waals surface area contributed by atoms with Crippen molar-refractivity contribution in [3.63, 3.8) is 0 Å². The summed E-state index contributed by atoms with van der Waals surface area (Å²) in [6, 6.07) is 4.21. The van der Waals surface area contributed by atoms with Gasteiger partial charge in [0.15, 0.2) is 0 Å². The van der Waals surface area contributed by atoms with E-state index in [-0.39, 0.29) is 17.3 Å². The van der Waals surface area contributed by atoms with Crippen LogP contribution in [-0.2, 0) is 0 Å². The highest BCUT2D eigenvalue weighted by atomic mass is 16.6. The van der Waals surface area contributed by atoms with Crippen LogP contribution in [0.5, 0.6) is 0 Å². The Hall–Kier alpha value is -2.15. The van der Waals surface area contributed by atoms with Gasteiger partial charge in [0, 0.05) is 32.3 Å². The average Bonchev–Trinajstić information content (AvgIpc) is 2.28. The van der Waals surface area contributed by atoms with Crippen molar-refractivity contribution in [2.45, 2.75) is 6.92 Å². The molecule has 98 valence electrons. The molecule has 0 heterocycles. The SMILES string of the molecule is CCNC(=O)c1ccc([N+](=O)[O-])c(NN(C)C)c1. The molecule has 1 rings (SSSR count). The molecule has 0 saturated heterocycles. The summed E-state index contributed by atoms with van der Waals surface area (Å²) in [6.07, 6.45) is 0. The van der Waals surface area contributed by atoms with E-state index in [0.29, 0.717) is 12.1 Å². The summed E-state index contributed by atoms with van der Waals surface area (Å²) in [7, 11) is 3.42. The van der Waals surface area contributed by atoms with Gasteiger partial charge in [0.1, 0.15) is 5.69 Å². The smallest absolute Gasteiger partial charge is 0.293 e. The third kappa shape index (κ3) is 3.42. The standard InChI is InChI=1S/C11H16N4O3/c1-4-12-11(16)8-5-6-10(15(17)18)9(7-8)13-14(2)3/h5-7,13H,4H2,1-3H3,(H,12,16). The van der Waals surface area contributed by atoms with Crippen LogP contribution in [0.1, 0.15) is 17.3 Å². The van der Waals surface area contributed by atoms with Crippen molar-refractivity contribution in [3.8, 4) is 0 Å². The van der Waals surface area contributed by atoms with Crippen molar-refractivity contribution in [2.24, 2.45) is 0 Å². The zero-order chi connectivity index (χ0) is 13.7. The van der Waals surface area contributed by atoms with Crippen LogP contribution in [0.4, 0.5) is 11.4 Å². The number of nitrogens with zero attached hydrogens (tertiary/aromatic N) is 2. The van der Waals surface area contributed by atoms with Crippen molar-refractivity contribution < 1.29 is 9.72 Å². The molecule has 0 radical (unpaired) electrons. The molecule has 0 aliphatic carbocycles. The molecule has 0 aromatic heterocycles. The molecule has 0 aliphatic rings. The van der Waals surface area contributed by atoms with E-state index < -0.39 is 4.92 Å². The third-order valence-electron chi connectivity index (χ3n) is 2.14. The molecule has 0 atom stereocenters. The first kappa shape index (κ1) is 13.9. The second-order valence-corrected chi connectivity index (χ2v) is 3.85. The van der Waals surface area contributed by atoms with Crippen LogP contribution >= 0.6 is 0 Å². The molecule has 2 N–H and O–H groups in total. The average molecular weight is 252 g/mol. The van der Waals surface area contributed by atoms with Crippen LogP contribution < -0.4 is 10.7 Å². The summed E-state index contributed by atoms with van der Waals surface area (Å²) in [6.45, 7) is 2.31. The molecule has 0 spiro atoms. The summed E-state index contributed by atoms with van der Waals surface area (Å²) in [5, 5.41) is 15.1. The van der Waals surface area contributed by atoms with Gasteiger partial charge in [-0.25, -0.2) is 5.01 Å². The molecular formula is C11H16N4O3. The maximum Gasteiger partial charge on any atom is 0.293 e. The van der Waals surface area contributed by atoms with Crippen LogP contribution in [0.25, 0.3) is 0 Å². The van der Waals surface area contributed by atoms with Crippen molar-refractivity contribution in [3.05, 3.63) is 33.9 Å². The highest BCUT2D eigenvalue weighted by molar-refractivity contribution is 5.95. The Balaban J connectivity index is 3.12. The predicted octanol–water partition coefficient (Wildman–Crippen LogP) is 1.23. The first-order valence-electron chi connectivity index (χ1n) is 5.46. The minimum absolute atomic E-state index is 0.0725. The molecule has 7 heteroatoms. The molecule has 18 heavy (non-hydrogen) atoms. The Bertz CT molecular complexity index is 460. The number of nitrogens with one attached hydrogen (secondary N) is 2. The fourth-order valence-electron chi connectivity index (χ4n) is 1.43. The Morgan fingerprint density at radius 3 is 2.61 bits per heavy atom. The number of hydrogen-bond donors (Lipinski definition) is 2. The normalized spacial score (nSPS) is 10.2. The van der Waals surface area contributed by atoms with Crippen LogP contribution in [0.2, 0.25) is 0 Å². The molecule has 0 saturated carbocycles. The van der Waals surface area contributed by atoms with Crippen molar-refractivity contribution >= 4 is 17.3 Å². The predicted molar refractivity (Wildman–Crippen MR) is 68.4 cm³/mol. The van der Waals surface area contributed by atoms with Gasteiger partial charge in [-0.05, 0) is 19.1 Å². The Kier molecular flexibility index (Phi) is 4.61. The van der Waals surface area contributed by atoms with Crippen molar-refractivity contribution in [1.82, 2.24) is 10.3 Å². The lowest BCUT2D eigenvalue weighted by Crippen LogP contribution is -2.24. The van der Waals surface area contributed by atoms with Gasteiger partial charge in [0.05, 0.1) is 4.92 Å². The highest BCUT2D eigenvalue weighted by Gasteiger charge is 2.16. The van der Waals surface area contributed by atoms with E-state index >= 15 is 0 Å². The Labute approximate surface area is 105 Å². The van der Waals surface area contributed by atoms with E-state index in [1.807, 2.05) is 6.92 Å². The van der Waals surface area contributed by atoms with E-state index in [4.69, 9.17) is 0 Å². The van der Waals surface area contributed by atoms with E-state index in [1.54, 1.807) is 19.1 Å². The zero-order valence-electron chi connectivity index (χ0n) is 10.6. The lowest BCUT2D eigenvalue weighted by molar-refractivity contribution is -0.384.